The number of phenols is 1. The van der Waals surface area contributed by atoms with Crippen LogP contribution in [0.2, 0.25) is 0 Å². The highest BCUT2D eigenvalue weighted by atomic mass is 79.9. The second-order valence-electron chi connectivity index (χ2n) is 3.31. The second kappa shape index (κ2) is 4.45. The van der Waals surface area contributed by atoms with Crippen LogP contribution in [-0.4, -0.2) is 10.9 Å². The Balaban J connectivity index is 3.19. The molecule has 0 fully saturated rings. The summed E-state index contributed by atoms with van der Waals surface area (Å²) in [4.78, 5) is 11.6. The van der Waals surface area contributed by atoms with E-state index in [4.69, 9.17) is 0 Å². The average molecular weight is 322 g/mol. The van der Waals surface area contributed by atoms with Crippen LogP contribution in [0.4, 0.5) is 0 Å². The molecule has 76 valence electrons. The third-order valence-corrected chi connectivity index (χ3v) is 3.03. The first kappa shape index (κ1) is 11.7. The van der Waals surface area contributed by atoms with Gasteiger partial charge in [0, 0.05) is 11.5 Å². The maximum absolute atomic E-state index is 11.6. The summed E-state index contributed by atoms with van der Waals surface area (Å²) in [5.74, 6) is 0.134. The number of aromatic hydroxyl groups is 1. The molecular weight excluding hydrogens is 312 g/mol. The Morgan fingerprint density at radius 1 is 1.29 bits per heavy atom. The fourth-order valence-electron chi connectivity index (χ4n) is 1.04. The lowest BCUT2D eigenvalue weighted by Gasteiger charge is -2.07. The van der Waals surface area contributed by atoms with Gasteiger partial charge in [-0.05, 0) is 44.0 Å². The van der Waals surface area contributed by atoms with E-state index < -0.39 is 0 Å². The summed E-state index contributed by atoms with van der Waals surface area (Å²) in [5, 5.41) is 9.45. The van der Waals surface area contributed by atoms with Crippen molar-refractivity contribution in [3.05, 3.63) is 26.6 Å². The zero-order valence-corrected chi connectivity index (χ0v) is 11.0. The van der Waals surface area contributed by atoms with Gasteiger partial charge in [0.05, 0.1) is 8.95 Å². The zero-order chi connectivity index (χ0) is 10.9. The van der Waals surface area contributed by atoms with Gasteiger partial charge < -0.3 is 5.11 Å². The minimum atomic E-state index is -0.0432. The van der Waals surface area contributed by atoms with Gasteiger partial charge in [-0.3, -0.25) is 4.79 Å². The third kappa shape index (κ3) is 2.36. The van der Waals surface area contributed by atoms with Gasteiger partial charge in [0.1, 0.15) is 5.75 Å². The molecule has 0 spiro atoms. The Labute approximate surface area is 99.6 Å². The number of carbonyl (C=O) groups excluding carboxylic acids is 1. The number of phenolic OH excluding ortho intramolecular Hbond substituents is 1. The number of ketones is 1. The molecular formula is C10H10Br2O2. The van der Waals surface area contributed by atoms with Crippen LogP contribution in [0.15, 0.2) is 21.1 Å². The van der Waals surface area contributed by atoms with E-state index in [-0.39, 0.29) is 17.5 Å². The van der Waals surface area contributed by atoms with E-state index in [9.17, 15) is 9.90 Å². The van der Waals surface area contributed by atoms with E-state index in [1.807, 2.05) is 13.8 Å². The van der Waals surface area contributed by atoms with Crippen molar-refractivity contribution in [1.29, 1.82) is 0 Å². The van der Waals surface area contributed by atoms with Crippen molar-refractivity contribution in [3.63, 3.8) is 0 Å². The van der Waals surface area contributed by atoms with Crippen LogP contribution in [0.3, 0.4) is 0 Å². The molecule has 0 aliphatic carbocycles. The van der Waals surface area contributed by atoms with Crippen molar-refractivity contribution in [2.24, 2.45) is 5.92 Å². The van der Waals surface area contributed by atoms with Crippen molar-refractivity contribution in [1.82, 2.24) is 0 Å². The maximum atomic E-state index is 11.6. The maximum Gasteiger partial charge on any atom is 0.165 e. The number of Topliss-reactive ketones (excluding diaryl/α,β-unsaturated/α-hetero) is 1. The Morgan fingerprint density at radius 3 is 2.07 bits per heavy atom. The zero-order valence-electron chi connectivity index (χ0n) is 7.84. The van der Waals surface area contributed by atoms with Crippen LogP contribution in [-0.2, 0) is 0 Å². The predicted molar refractivity (Wildman–Crippen MR) is 62.7 cm³/mol. The molecule has 0 bridgehead atoms. The highest BCUT2D eigenvalue weighted by Crippen LogP contribution is 2.33. The molecule has 1 aromatic carbocycles. The van der Waals surface area contributed by atoms with Gasteiger partial charge in [-0.2, -0.15) is 0 Å². The fraction of sp³-hybridized carbons (Fsp3) is 0.300. The molecule has 0 unspecified atom stereocenters. The highest BCUT2D eigenvalue weighted by molar-refractivity contribution is 9.11. The molecule has 0 aliphatic rings. The largest absolute Gasteiger partial charge is 0.506 e. The summed E-state index contributed by atoms with van der Waals surface area (Å²) in [6.07, 6.45) is 0. The molecule has 4 heteroatoms. The number of benzene rings is 1. The third-order valence-electron chi connectivity index (χ3n) is 1.83. The van der Waals surface area contributed by atoms with Gasteiger partial charge in [0.2, 0.25) is 0 Å². The predicted octanol–water partition coefficient (Wildman–Crippen LogP) is 3.76. The number of halogens is 2. The fourth-order valence-corrected chi connectivity index (χ4v) is 2.23. The van der Waals surface area contributed by atoms with Gasteiger partial charge in [0.15, 0.2) is 5.78 Å². The van der Waals surface area contributed by atoms with E-state index in [0.717, 1.165) is 0 Å². The molecule has 1 rings (SSSR count). The number of hydrogen-bond acceptors (Lipinski definition) is 2. The molecule has 0 radical (unpaired) electrons. The van der Waals surface area contributed by atoms with E-state index in [1.165, 1.54) is 0 Å². The van der Waals surface area contributed by atoms with Crippen LogP contribution < -0.4 is 0 Å². The van der Waals surface area contributed by atoms with E-state index in [1.54, 1.807) is 12.1 Å². The molecule has 1 N–H and O–H groups in total. The van der Waals surface area contributed by atoms with Gasteiger partial charge in [0.25, 0.3) is 0 Å². The monoisotopic (exact) mass is 320 g/mol. The number of rotatable bonds is 2. The summed E-state index contributed by atoms with van der Waals surface area (Å²) < 4.78 is 1.05. The molecule has 0 aromatic heterocycles. The van der Waals surface area contributed by atoms with Crippen LogP contribution in [0.1, 0.15) is 24.2 Å². The van der Waals surface area contributed by atoms with Crippen LogP contribution in [0.5, 0.6) is 5.75 Å². The second-order valence-corrected chi connectivity index (χ2v) is 5.02. The van der Waals surface area contributed by atoms with Gasteiger partial charge >= 0.3 is 0 Å². The quantitative estimate of drug-likeness (QED) is 0.842. The Bertz CT molecular complexity index is 349. The molecule has 0 saturated heterocycles. The summed E-state index contributed by atoms with van der Waals surface area (Å²) in [7, 11) is 0. The van der Waals surface area contributed by atoms with Gasteiger partial charge in [-0.25, -0.2) is 0 Å². The van der Waals surface area contributed by atoms with Crippen LogP contribution >= 0.6 is 31.9 Å². The van der Waals surface area contributed by atoms with E-state index in [2.05, 4.69) is 31.9 Å². The van der Waals surface area contributed by atoms with E-state index in [0.29, 0.717) is 14.5 Å². The summed E-state index contributed by atoms with van der Waals surface area (Å²) in [6.45, 7) is 3.69. The highest BCUT2D eigenvalue weighted by Gasteiger charge is 2.14. The van der Waals surface area contributed by atoms with Crippen molar-refractivity contribution in [3.8, 4) is 5.75 Å². The Morgan fingerprint density at radius 2 is 1.71 bits per heavy atom. The molecule has 14 heavy (non-hydrogen) atoms. The van der Waals surface area contributed by atoms with Crippen molar-refractivity contribution < 1.29 is 9.90 Å². The Kier molecular flexibility index (Phi) is 3.72. The minimum Gasteiger partial charge on any atom is -0.506 e. The molecule has 2 nitrogen and oxygen atoms in total. The first-order valence-corrected chi connectivity index (χ1v) is 5.74. The Hall–Kier alpha value is -0.350. The molecule has 0 aliphatic heterocycles. The lowest BCUT2D eigenvalue weighted by molar-refractivity contribution is 0.0939. The summed E-state index contributed by atoms with van der Waals surface area (Å²) in [6, 6.07) is 3.25. The van der Waals surface area contributed by atoms with E-state index >= 15 is 0 Å². The molecule has 0 heterocycles. The van der Waals surface area contributed by atoms with Crippen LogP contribution in [0, 0.1) is 5.92 Å². The van der Waals surface area contributed by atoms with Crippen LogP contribution in [0.25, 0.3) is 0 Å². The molecule has 0 saturated carbocycles. The minimum absolute atomic E-state index is 0.0432. The summed E-state index contributed by atoms with van der Waals surface area (Å²) in [5.41, 5.74) is 0.594. The number of carbonyl (C=O) groups is 1. The number of hydrogen-bond donors (Lipinski definition) is 1. The molecule has 1 aromatic rings. The lowest BCUT2D eigenvalue weighted by atomic mass is 10.0. The standard InChI is InChI=1S/C10H10Br2O2/c1-5(2)9(13)6-3-7(11)10(14)8(12)4-6/h3-5,14H,1-2H3. The topological polar surface area (TPSA) is 37.3 Å². The first-order valence-electron chi connectivity index (χ1n) is 4.15. The van der Waals surface area contributed by atoms with Crippen molar-refractivity contribution in [2.45, 2.75) is 13.8 Å². The van der Waals surface area contributed by atoms with Gasteiger partial charge in [-0.15, -0.1) is 0 Å². The van der Waals surface area contributed by atoms with Crippen molar-refractivity contribution >= 4 is 37.6 Å². The first-order chi connectivity index (χ1) is 6.43. The summed E-state index contributed by atoms with van der Waals surface area (Å²) >= 11 is 6.36. The smallest absolute Gasteiger partial charge is 0.165 e. The molecule has 0 amide bonds. The van der Waals surface area contributed by atoms with Gasteiger partial charge in [-0.1, -0.05) is 13.8 Å². The normalized spacial score (nSPS) is 10.6. The van der Waals surface area contributed by atoms with Crippen molar-refractivity contribution in [2.75, 3.05) is 0 Å². The lowest BCUT2D eigenvalue weighted by Crippen LogP contribution is -2.07. The molecule has 0 atom stereocenters. The average Bonchev–Trinajstić information content (AvgIpc) is 2.12. The SMILES string of the molecule is CC(C)C(=O)c1cc(Br)c(O)c(Br)c1.